The van der Waals surface area contributed by atoms with Gasteiger partial charge in [0.1, 0.15) is 5.69 Å². The average Bonchev–Trinajstić information content (AvgIpc) is 3.19. The van der Waals surface area contributed by atoms with Crippen LogP contribution in [0, 0.1) is 0 Å². The summed E-state index contributed by atoms with van der Waals surface area (Å²) in [4.78, 5) is 14.5. The first-order valence-corrected chi connectivity index (χ1v) is 9.89. The zero-order valence-electron chi connectivity index (χ0n) is 17.0. The van der Waals surface area contributed by atoms with Crippen molar-refractivity contribution < 1.29 is 4.74 Å². The molecule has 0 amide bonds. The van der Waals surface area contributed by atoms with Crippen LogP contribution >= 0.6 is 0 Å². The number of methoxy groups -OCH3 is 1. The van der Waals surface area contributed by atoms with E-state index in [2.05, 4.69) is 27.6 Å². The number of H-pyrrole nitrogens is 1. The van der Waals surface area contributed by atoms with E-state index in [0.29, 0.717) is 29.9 Å². The fourth-order valence-corrected chi connectivity index (χ4v) is 4.53. The molecule has 0 aromatic carbocycles. The number of likely N-dealkylation sites (tertiary alicyclic amines) is 1. The van der Waals surface area contributed by atoms with Crippen LogP contribution in [0.25, 0.3) is 0 Å². The highest BCUT2D eigenvalue weighted by atomic mass is 16.5. The van der Waals surface area contributed by atoms with E-state index in [1.807, 2.05) is 25.0 Å². The summed E-state index contributed by atoms with van der Waals surface area (Å²) >= 11 is 0. The van der Waals surface area contributed by atoms with E-state index in [4.69, 9.17) is 4.74 Å². The van der Waals surface area contributed by atoms with Gasteiger partial charge in [-0.1, -0.05) is 0 Å². The van der Waals surface area contributed by atoms with Gasteiger partial charge in [-0.25, -0.2) is 0 Å². The number of hydrogen-bond acceptors (Lipinski definition) is 5. The molecule has 7 heteroatoms. The lowest BCUT2D eigenvalue weighted by molar-refractivity contribution is 0.0473. The monoisotopic (exact) mass is 367 g/mol. The van der Waals surface area contributed by atoms with Crippen LogP contribution in [0.15, 0.2) is 11.0 Å². The molecule has 2 unspecified atom stereocenters. The van der Waals surface area contributed by atoms with E-state index in [1.165, 1.54) is 25.7 Å². The molecule has 3 rings (SSSR count). The number of hydrogen-bond donors (Lipinski definition) is 3. The Bertz CT molecular complexity index is 575. The van der Waals surface area contributed by atoms with Crippen LogP contribution in [0.5, 0.6) is 0 Å². The van der Waals surface area contributed by atoms with Gasteiger partial charge >= 0.3 is 0 Å². The highest BCUT2D eigenvalue weighted by Gasteiger charge is 2.37. The van der Waals surface area contributed by atoms with Gasteiger partial charge in [0, 0.05) is 32.3 Å². The second-order valence-corrected chi connectivity index (χ2v) is 7.59. The number of nitrogens with one attached hydrogen (secondary N) is 3. The predicted molar refractivity (Wildman–Crippen MR) is 107 cm³/mol. The van der Waals surface area contributed by atoms with Crippen molar-refractivity contribution in [1.29, 1.82) is 0 Å². The molecule has 2 atom stereocenters. The SMILES string of the molecule is CNC.CNc1cn(C2CCC(N3C(C)CCC3COC)CC2)[nH]c1=O. The van der Waals surface area contributed by atoms with E-state index in [-0.39, 0.29) is 5.56 Å². The summed E-state index contributed by atoms with van der Waals surface area (Å²) in [5.41, 5.74) is 0.628. The molecule has 150 valence electrons. The second kappa shape index (κ2) is 10.1. The summed E-state index contributed by atoms with van der Waals surface area (Å²) in [5.74, 6) is 0. The van der Waals surface area contributed by atoms with Crippen molar-refractivity contribution in [3.63, 3.8) is 0 Å². The van der Waals surface area contributed by atoms with Gasteiger partial charge in [-0.05, 0) is 59.5 Å². The summed E-state index contributed by atoms with van der Waals surface area (Å²) in [6.07, 6.45) is 9.10. The molecule has 1 aromatic heterocycles. The van der Waals surface area contributed by atoms with Crippen LogP contribution in [0.1, 0.15) is 51.5 Å². The fraction of sp³-hybridized carbons (Fsp3) is 0.842. The van der Waals surface area contributed by atoms with E-state index in [9.17, 15) is 4.79 Å². The Balaban J connectivity index is 0.000000758. The molecule has 0 bridgehead atoms. The van der Waals surface area contributed by atoms with Crippen LogP contribution < -0.4 is 16.2 Å². The van der Waals surface area contributed by atoms with Crippen LogP contribution in [-0.2, 0) is 4.74 Å². The third-order valence-corrected chi connectivity index (χ3v) is 5.70. The van der Waals surface area contributed by atoms with E-state index < -0.39 is 0 Å². The minimum Gasteiger partial charge on any atom is -0.383 e. The Morgan fingerprint density at radius 3 is 2.27 bits per heavy atom. The third-order valence-electron chi connectivity index (χ3n) is 5.70. The molecular formula is C19H37N5O2. The maximum Gasteiger partial charge on any atom is 0.287 e. The minimum atomic E-state index is -0.0250. The van der Waals surface area contributed by atoms with Crippen molar-refractivity contribution in [2.45, 2.75) is 69.6 Å². The molecule has 0 spiro atoms. The lowest BCUT2D eigenvalue weighted by Gasteiger charge is -2.40. The Morgan fingerprint density at radius 2 is 1.73 bits per heavy atom. The summed E-state index contributed by atoms with van der Waals surface area (Å²) < 4.78 is 7.43. The van der Waals surface area contributed by atoms with Crippen molar-refractivity contribution in [2.24, 2.45) is 0 Å². The molecule has 3 N–H and O–H groups in total. The molecule has 1 aliphatic carbocycles. The van der Waals surface area contributed by atoms with E-state index in [1.54, 1.807) is 14.2 Å². The topological polar surface area (TPSA) is 74.3 Å². The van der Waals surface area contributed by atoms with Gasteiger partial charge in [-0.3, -0.25) is 19.5 Å². The van der Waals surface area contributed by atoms with Crippen molar-refractivity contribution in [2.75, 3.05) is 40.2 Å². The lowest BCUT2D eigenvalue weighted by Crippen LogP contribution is -2.46. The lowest BCUT2D eigenvalue weighted by atomic mass is 9.89. The first kappa shape index (κ1) is 21.0. The molecule has 2 fully saturated rings. The minimum absolute atomic E-state index is 0.0250. The Hall–Kier alpha value is -1.31. The Labute approximate surface area is 157 Å². The highest BCUT2D eigenvalue weighted by Crippen LogP contribution is 2.36. The number of aromatic amines is 1. The zero-order chi connectivity index (χ0) is 19.1. The first-order chi connectivity index (χ1) is 12.5. The zero-order valence-corrected chi connectivity index (χ0v) is 17.0. The van der Waals surface area contributed by atoms with Gasteiger partial charge in [0.2, 0.25) is 0 Å². The molecule has 1 aromatic rings. The number of ether oxygens (including phenoxy) is 1. The Kier molecular flexibility index (Phi) is 8.18. The van der Waals surface area contributed by atoms with Crippen LogP contribution in [-0.4, -0.2) is 67.7 Å². The van der Waals surface area contributed by atoms with Crippen molar-refractivity contribution in [3.8, 4) is 0 Å². The van der Waals surface area contributed by atoms with Crippen molar-refractivity contribution in [3.05, 3.63) is 16.6 Å². The van der Waals surface area contributed by atoms with Gasteiger partial charge in [-0.15, -0.1) is 0 Å². The average molecular weight is 368 g/mol. The van der Waals surface area contributed by atoms with Gasteiger partial charge in [-0.2, -0.15) is 0 Å². The number of rotatable bonds is 5. The fourth-order valence-electron chi connectivity index (χ4n) is 4.53. The second-order valence-electron chi connectivity index (χ2n) is 7.59. The molecule has 0 radical (unpaired) electrons. The van der Waals surface area contributed by atoms with Crippen molar-refractivity contribution in [1.82, 2.24) is 20.0 Å². The molecule has 26 heavy (non-hydrogen) atoms. The maximum absolute atomic E-state index is 11.8. The summed E-state index contributed by atoms with van der Waals surface area (Å²) in [6.45, 7) is 3.20. The van der Waals surface area contributed by atoms with E-state index in [0.717, 1.165) is 19.4 Å². The van der Waals surface area contributed by atoms with Crippen LogP contribution in [0.4, 0.5) is 5.69 Å². The smallest absolute Gasteiger partial charge is 0.287 e. The van der Waals surface area contributed by atoms with E-state index >= 15 is 0 Å². The number of nitrogens with zero attached hydrogens (tertiary/aromatic N) is 2. The van der Waals surface area contributed by atoms with Gasteiger partial charge in [0.05, 0.1) is 18.8 Å². The molecule has 7 nitrogen and oxygen atoms in total. The first-order valence-electron chi connectivity index (χ1n) is 9.89. The molecule has 2 heterocycles. The normalized spacial score (nSPS) is 29.3. The Morgan fingerprint density at radius 1 is 1.12 bits per heavy atom. The molecule has 1 aliphatic heterocycles. The number of anilines is 1. The molecular weight excluding hydrogens is 330 g/mol. The quantitative estimate of drug-likeness (QED) is 0.743. The summed E-state index contributed by atoms with van der Waals surface area (Å²) in [6, 6.07) is 2.33. The molecule has 1 saturated carbocycles. The highest BCUT2D eigenvalue weighted by molar-refractivity contribution is 5.37. The predicted octanol–water partition coefficient (Wildman–Crippen LogP) is 2.04. The van der Waals surface area contributed by atoms with Gasteiger partial charge in [0.15, 0.2) is 0 Å². The van der Waals surface area contributed by atoms with Gasteiger partial charge in [0.25, 0.3) is 5.56 Å². The summed E-state index contributed by atoms with van der Waals surface area (Å²) in [7, 11) is 7.34. The van der Waals surface area contributed by atoms with Crippen LogP contribution in [0.3, 0.4) is 0 Å². The third kappa shape index (κ3) is 4.90. The summed E-state index contributed by atoms with van der Waals surface area (Å²) in [5, 5.41) is 8.65. The largest absolute Gasteiger partial charge is 0.383 e. The van der Waals surface area contributed by atoms with Crippen molar-refractivity contribution >= 4 is 5.69 Å². The standard InChI is InChI=1S/C17H30N4O2.C2H7N/c1-12-4-5-15(11-23-3)21(12)14-8-6-13(7-9-14)20-10-16(18-2)17(22)19-20;1-3-2/h10,12-15,18H,4-9,11H2,1-3H3,(H,19,22);3H,1-2H3. The van der Waals surface area contributed by atoms with Crippen LogP contribution in [0.2, 0.25) is 0 Å². The molecule has 1 saturated heterocycles. The molecule has 2 aliphatic rings. The van der Waals surface area contributed by atoms with Gasteiger partial charge < -0.3 is 15.4 Å². The number of aromatic nitrogens is 2. The maximum atomic E-state index is 11.8.